The summed E-state index contributed by atoms with van der Waals surface area (Å²) in [6, 6.07) is 3.32. The Labute approximate surface area is 152 Å². The molecule has 3 rings (SSSR count). The second-order valence-electron chi connectivity index (χ2n) is 7.67. The number of fused-ring (bicyclic) bond motifs is 2. The lowest BCUT2D eigenvalue weighted by Crippen LogP contribution is -2.47. The third kappa shape index (κ3) is 3.76. The SMILES string of the molecule is CN(C)CC1C2CCC(C2)CC1(O)c1ccc(C(F)(F)F)c(O)c1.Cl. The number of hydrogen-bond acceptors (Lipinski definition) is 3. The van der Waals surface area contributed by atoms with Crippen molar-refractivity contribution < 1.29 is 23.4 Å². The summed E-state index contributed by atoms with van der Waals surface area (Å²) in [6.45, 7) is 0.676. The minimum absolute atomic E-state index is 0. The molecule has 0 aromatic heterocycles. The van der Waals surface area contributed by atoms with Gasteiger partial charge in [0, 0.05) is 12.5 Å². The predicted molar refractivity (Wildman–Crippen MR) is 91.7 cm³/mol. The van der Waals surface area contributed by atoms with Gasteiger partial charge in [0.15, 0.2) is 0 Å². The zero-order valence-corrected chi connectivity index (χ0v) is 15.2. The molecule has 2 saturated carbocycles. The number of nitrogens with zero attached hydrogens (tertiary/aromatic N) is 1. The maximum absolute atomic E-state index is 12.9. The molecule has 4 atom stereocenters. The average Bonchev–Trinajstić information content (AvgIpc) is 2.85. The second-order valence-corrected chi connectivity index (χ2v) is 7.67. The number of phenols is 1. The summed E-state index contributed by atoms with van der Waals surface area (Å²) in [7, 11) is 3.87. The Morgan fingerprint density at radius 2 is 1.92 bits per heavy atom. The van der Waals surface area contributed by atoms with Gasteiger partial charge >= 0.3 is 6.18 Å². The molecule has 0 aliphatic heterocycles. The van der Waals surface area contributed by atoms with Crippen LogP contribution in [0.1, 0.15) is 36.8 Å². The summed E-state index contributed by atoms with van der Waals surface area (Å²) >= 11 is 0. The maximum Gasteiger partial charge on any atom is 0.419 e. The van der Waals surface area contributed by atoms with Crippen molar-refractivity contribution in [2.75, 3.05) is 20.6 Å². The molecule has 0 saturated heterocycles. The number of hydrogen-bond donors (Lipinski definition) is 2. The van der Waals surface area contributed by atoms with E-state index in [9.17, 15) is 23.4 Å². The van der Waals surface area contributed by atoms with Crippen molar-refractivity contribution in [3.8, 4) is 5.75 Å². The largest absolute Gasteiger partial charge is 0.507 e. The topological polar surface area (TPSA) is 43.7 Å². The van der Waals surface area contributed by atoms with Gasteiger partial charge in [-0.05, 0) is 62.9 Å². The van der Waals surface area contributed by atoms with Crippen LogP contribution in [-0.2, 0) is 11.8 Å². The Balaban J connectivity index is 0.00000225. The van der Waals surface area contributed by atoms with Crippen LogP contribution in [0.15, 0.2) is 18.2 Å². The first kappa shape index (κ1) is 20.3. The van der Waals surface area contributed by atoms with Crippen molar-refractivity contribution in [2.24, 2.45) is 17.8 Å². The van der Waals surface area contributed by atoms with Gasteiger partial charge in [0.2, 0.25) is 0 Å². The molecular weight excluding hydrogens is 355 g/mol. The Morgan fingerprint density at radius 3 is 2.48 bits per heavy atom. The highest BCUT2D eigenvalue weighted by Gasteiger charge is 2.51. The van der Waals surface area contributed by atoms with E-state index in [1.807, 2.05) is 19.0 Å². The Kier molecular flexibility index (Phi) is 5.67. The Morgan fingerprint density at radius 1 is 1.24 bits per heavy atom. The highest BCUT2D eigenvalue weighted by molar-refractivity contribution is 5.85. The summed E-state index contributed by atoms with van der Waals surface area (Å²) in [5.41, 5.74) is -1.84. The normalized spacial score (nSPS) is 31.9. The molecule has 142 valence electrons. The molecule has 0 amide bonds. The number of alkyl halides is 3. The summed E-state index contributed by atoms with van der Waals surface area (Å²) < 4.78 is 38.6. The van der Waals surface area contributed by atoms with Crippen LogP contribution in [0.3, 0.4) is 0 Å². The van der Waals surface area contributed by atoms with Gasteiger partial charge in [-0.1, -0.05) is 12.5 Å². The number of phenolic OH excluding ortho intramolecular Hbond substituents is 1. The summed E-state index contributed by atoms with van der Waals surface area (Å²) in [5.74, 6) is -0.0687. The number of rotatable bonds is 3. The molecule has 1 aromatic rings. The minimum atomic E-state index is -4.60. The van der Waals surface area contributed by atoms with Crippen LogP contribution in [0.4, 0.5) is 13.2 Å². The fourth-order valence-corrected chi connectivity index (χ4v) is 4.71. The summed E-state index contributed by atoms with van der Waals surface area (Å²) in [5, 5.41) is 21.3. The van der Waals surface area contributed by atoms with Crippen molar-refractivity contribution in [1.82, 2.24) is 4.90 Å². The van der Waals surface area contributed by atoms with Gasteiger partial charge in [-0.15, -0.1) is 12.4 Å². The predicted octanol–water partition coefficient (Wildman–Crippen LogP) is 4.02. The first-order valence-electron chi connectivity index (χ1n) is 8.39. The van der Waals surface area contributed by atoms with Crippen LogP contribution >= 0.6 is 12.4 Å². The van der Waals surface area contributed by atoms with Gasteiger partial charge in [-0.3, -0.25) is 0 Å². The molecule has 2 aliphatic rings. The van der Waals surface area contributed by atoms with E-state index in [4.69, 9.17) is 0 Å². The van der Waals surface area contributed by atoms with Gasteiger partial charge in [0.25, 0.3) is 0 Å². The third-order valence-corrected chi connectivity index (χ3v) is 5.73. The standard InChI is InChI=1S/C18H24F3NO2.ClH/c1-22(2)10-15-12-4-3-11(7-12)9-17(15,24)13-5-6-14(16(23)8-13)18(19,20)21;/h5-6,8,11-12,15,23-24H,3-4,7,9-10H2,1-2H3;1H. The highest BCUT2D eigenvalue weighted by atomic mass is 35.5. The number of benzene rings is 1. The molecule has 0 spiro atoms. The first-order chi connectivity index (χ1) is 11.1. The van der Waals surface area contributed by atoms with Crippen LogP contribution in [0, 0.1) is 17.8 Å². The smallest absolute Gasteiger partial charge is 0.419 e. The fraction of sp³-hybridized carbons (Fsp3) is 0.667. The van der Waals surface area contributed by atoms with E-state index in [0.29, 0.717) is 30.4 Å². The van der Waals surface area contributed by atoms with Gasteiger partial charge in [0.1, 0.15) is 5.75 Å². The van der Waals surface area contributed by atoms with Crippen molar-refractivity contribution in [2.45, 2.75) is 37.5 Å². The van der Waals surface area contributed by atoms with Gasteiger partial charge in [-0.2, -0.15) is 13.2 Å². The molecule has 3 nitrogen and oxygen atoms in total. The van der Waals surface area contributed by atoms with Gasteiger partial charge in [0.05, 0.1) is 11.2 Å². The molecular formula is C18H25ClF3NO2. The quantitative estimate of drug-likeness (QED) is 0.833. The van der Waals surface area contributed by atoms with Crippen LogP contribution in [0.5, 0.6) is 5.75 Å². The minimum Gasteiger partial charge on any atom is -0.507 e. The molecule has 2 N–H and O–H groups in total. The Hall–Kier alpha value is -0.980. The molecule has 0 radical (unpaired) electrons. The van der Waals surface area contributed by atoms with Crippen LogP contribution in [-0.4, -0.2) is 35.8 Å². The van der Waals surface area contributed by atoms with Crippen LogP contribution in [0.2, 0.25) is 0 Å². The van der Waals surface area contributed by atoms with E-state index < -0.39 is 23.1 Å². The molecule has 7 heteroatoms. The fourth-order valence-electron chi connectivity index (χ4n) is 4.71. The first-order valence-corrected chi connectivity index (χ1v) is 8.39. The lowest BCUT2D eigenvalue weighted by molar-refractivity contribution is -0.139. The Bertz CT molecular complexity index is 623. The van der Waals surface area contributed by atoms with Crippen molar-refractivity contribution in [3.05, 3.63) is 29.3 Å². The molecule has 1 aromatic carbocycles. The number of halogens is 4. The van der Waals surface area contributed by atoms with Gasteiger partial charge < -0.3 is 15.1 Å². The van der Waals surface area contributed by atoms with E-state index in [-0.39, 0.29) is 18.3 Å². The zero-order chi connectivity index (χ0) is 17.7. The molecule has 2 aliphatic carbocycles. The number of aliphatic hydroxyl groups is 1. The van der Waals surface area contributed by atoms with E-state index in [1.165, 1.54) is 6.07 Å². The summed E-state index contributed by atoms with van der Waals surface area (Å²) in [4.78, 5) is 2.01. The van der Waals surface area contributed by atoms with E-state index in [0.717, 1.165) is 31.4 Å². The summed E-state index contributed by atoms with van der Waals surface area (Å²) in [6.07, 6.45) is -0.859. The maximum atomic E-state index is 12.9. The molecule has 4 unspecified atom stereocenters. The number of aromatic hydroxyl groups is 1. The second kappa shape index (κ2) is 6.97. The van der Waals surface area contributed by atoms with Gasteiger partial charge in [-0.25, -0.2) is 0 Å². The average molecular weight is 380 g/mol. The monoisotopic (exact) mass is 379 g/mol. The lowest BCUT2D eigenvalue weighted by atomic mass is 9.66. The molecule has 0 heterocycles. The highest BCUT2D eigenvalue weighted by Crippen LogP contribution is 2.54. The van der Waals surface area contributed by atoms with E-state index in [1.54, 1.807) is 0 Å². The third-order valence-electron chi connectivity index (χ3n) is 5.73. The van der Waals surface area contributed by atoms with Crippen LogP contribution < -0.4 is 0 Å². The molecule has 2 fully saturated rings. The van der Waals surface area contributed by atoms with Crippen molar-refractivity contribution in [1.29, 1.82) is 0 Å². The van der Waals surface area contributed by atoms with Crippen molar-refractivity contribution in [3.63, 3.8) is 0 Å². The zero-order valence-electron chi connectivity index (χ0n) is 14.4. The van der Waals surface area contributed by atoms with Crippen molar-refractivity contribution >= 4 is 12.4 Å². The van der Waals surface area contributed by atoms with Crippen LogP contribution in [0.25, 0.3) is 0 Å². The van der Waals surface area contributed by atoms with E-state index in [2.05, 4.69) is 0 Å². The van der Waals surface area contributed by atoms with E-state index >= 15 is 0 Å². The molecule has 25 heavy (non-hydrogen) atoms. The molecule has 2 bridgehead atoms. The lowest BCUT2D eigenvalue weighted by Gasteiger charge is -2.45.